The Hall–Kier alpha value is -1.82. The molecule has 0 saturated carbocycles. The first-order chi connectivity index (χ1) is 37.5. The van der Waals surface area contributed by atoms with Crippen molar-refractivity contribution in [2.75, 3.05) is 51.5 Å². The fourth-order valence-corrected chi connectivity index (χ4v) is 12.6. The summed E-state index contributed by atoms with van der Waals surface area (Å²) in [6.07, 6.45) is -4.75. The van der Waals surface area contributed by atoms with Gasteiger partial charge >= 0.3 is 15.6 Å². The van der Waals surface area contributed by atoms with Crippen LogP contribution in [0.25, 0.3) is 0 Å². The summed E-state index contributed by atoms with van der Waals surface area (Å²) in [6.45, 7) is 21.8. The number of aliphatic hydroxyl groups is 4. The summed E-state index contributed by atoms with van der Waals surface area (Å²) in [6, 6.07) is 2.35. The van der Waals surface area contributed by atoms with E-state index in [9.17, 15) is 58.3 Å². The molecule has 4 unspecified atom stereocenters. The first-order valence-electron chi connectivity index (χ1n) is 25.3. The Morgan fingerprint density at radius 1 is 0.610 bits per heavy atom. The minimum atomic E-state index is -4.37. The molecule has 0 bridgehead atoms. The summed E-state index contributed by atoms with van der Waals surface area (Å²) in [5.74, 6) is 0.309. The van der Waals surface area contributed by atoms with Crippen LogP contribution in [0.1, 0.15) is 122 Å². The molecule has 34 heteroatoms. The molecule has 0 radical (unpaired) electrons. The van der Waals surface area contributed by atoms with E-state index in [0.717, 1.165) is 23.5 Å². The summed E-state index contributed by atoms with van der Waals surface area (Å²) in [4.78, 5) is 76.3. The van der Waals surface area contributed by atoms with Gasteiger partial charge in [-0.3, -0.25) is 83.4 Å². The number of hydrogen-bond donors (Lipinski definition) is 6. The van der Waals surface area contributed by atoms with Crippen LogP contribution in [0.2, 0.25) is 0 Å². The van der Waals surface area contributed by atoms with Crippen LogP contribution in [-0.4, -0.2) is 147 Å². The normalized spacial score (nSPS) is 24.8. The van der Waals surface area contributed by atoms with E-state index in [0.29, 0.717) is 30.5 Å². The van der Waals surface area contributed by atoms with E-state index in [4.69, 9.17) is 69.4 Å². The first-order valence-corrected chi connectivity index (χ1v) is 32.5. The average Bonchev–Trinajstić information content (AvgIpc) is 4.00. The molecule has 4 rings (SSSR count). The third-order valence-corrected chi connectivity index (χ3v) is 18.1. The fraction of sp³-hybridized carbons (Fsp3) is 0.750. The molecule has 0 aromatic carbocycles. The van der Waals surface area contributed by atoms with Gasteiger partial charge in [0.15, 0.2) is 45.8 Å². The molecule has 82 heavy (non-hydrogen) atoms. The van der Waals surface area contributed by atoms with Crippen LogP contribution >= 0.6 is 87.7 Å². The largest absolute Gasteiger partial charge is 0.477 e. The number of carbonyl (C=O) groups is 4. The van der Waals surface area contributed by atoms with Crippen LogP contribution in [-0.2, 0) is 73.3 Å². The minimum absolute atomic E-state index is 0.0481. The van der Waals surface area contributed by atoms with Crippen LogP contribution in [0.4, 0.5) is 0 Å². The second-order valence-electron chi connectivity index (χ2n) is 23.5. The van der Waals surface area contributed by atoms with Crippen molar-refractivity contribution in [3.63, 3.8) is 0 Å². The van der Waals surface area contributed by atoms with E-state index in [1.165, 1.54) is 47.5 Å². The van der Waals surface area contributed by atoms with Crippen molar-refractivity contribution in [3.8, 4) is 0 Å². The molecular formula is C48H78N4O22P2S6. The van der Waals surface area contributed by atoms with Gasteiger partial charge in [0.25, 0.3) is 11.1 Å². The highest BCUT2D eigenvalue weighted by Crippen LogP contribution is 2.52. The van der Waals surface area contributed by atoms with Crippen molar-refractivity contribution in [3.05, 3.63) is 54.8 Å². The number of phosphoric acid groups is 2. The second-order valence-corrected chi connectivity index (χ2v) is 31.4. The zero-order valence-corrected chi connectivity index (χ0v) is 54.9. The second kappa shape index (κ2) is 31.4. The lowest BCUT2D eigenvalue weighted by atomic mass is 9.93. The van der Waals surface area contributed by atoms with E-state index in [-0.39, 0.29) is 72.0 Å². The Balaban J connectivity index is 0.000000431. The first kappa shape index (κ1) is 74.4. The van der Waals surface area contributed by atoms with Crippen molar-refractivity contribution in [1.82, 2.24) is 19.1 Å². The zero-order valence-electron chi connectivity index (χ0n) is 48.2. The van der Waals surface area contributed by atoms with Crippen LogP contribution < -0.4 is 11.1 Å². The monoisotopic (exact) mass is 1320 g/mol. The number of ether oxygens (including phenoxy) is 2. The average molecular weight is 1320 g/mol. The number of thioether (sulfide) groups is 2. The molecule has 26 nitrogen and oxygen atoms in total. The van der Waals surface area contributed by atoms with Gasteiger partial charge in [-0.2, -0.15) is 0 Å². The minimum Gasteiger partial charge on any atom is -0.387 e. The van der Waals surface area contributed by atoms with Crippen LogP contribution in [0.5, 0.6) is 0 Å². The van der Waals surface area contributed by atoms with Gasteiger partial charge in [-0.1, -0.05) is 107 Å². The maximum atomic E-state index is 13.4. The lowest BCUT2D eigenvalue weighted by Gasteiger charge is -2.28. The number of carbonyl (C=O) groups excluding carboxylic acids is 4. The SMILES string of the molecule is CC(C)(C)C(=O)SCCOP(=O)(OCOSC(=O)C(C)(C)C)OC[C@H]1O[C@@H](n2ccc(=O)[nH]c2=S)C(C)(O)[C@H]1O.CC(C)(C)CC(=O)SCCOP(=O)(OCOSC(=O)CC(C)(C)C)OC[C@H]1O[C@@H](n2ccc(=O)[nH]c2=S)C(C)(O)[C@H]1O. The Morgan fingerprint density at radius 3 is 1.37 bits per heavy atom. The highest BCUT2D eigenvalue weighted by Gasteiger charge is 2.55. The van der Waals surface area contributed by atoms with Crippen molar-refractivity contribution in [2.45, 2.75) is 158 Å². The van der Waals surface area contributed by atoms with Gasteiger partial charge in [-0.15, -0.1) is 0 Å². The number of hydrogen-bond acceptors (Lipinski definition) is 28. The Kier molecular flexibility index (Phi) is 28.5. The standard InChI is InChI=1S/C25H41N2O11PS3.C23H37N2O11PS3/c1-23(2,3)12-18(29)41-11-10-34-39(33,36-15-37-42-19(30)13-24(4,5)6)35-14-16-20(31)25(7,32)21(38-16)27-9-8-17(28)26-22(27)40;1-21(2,3)18(28)39-11-10-32-37(31,34-13-35-40-19(29)22(4,5)6)33-12-14-16(27)23(7,30)17(36-14)25-9-8-15(26)24-20(25)38/h8-9,16,20-21,31-32H,10-15H2,1-7H3,(H,26,28,40);8-9,14,16-17,27,30H,10-13H2,1-7H3,(H,24,26,38)/t16-,20+,21-,25?,39?;14-,16+,17-,23?,37?/m11/s1. The molecule has 2 aliphatic rings. The van der Waals surface area contributed by atoms with Crippen LogP contribution in [0.15, 0.2) is 34.1 Å². The summed E-state index contributed by atoms with van der Waals surface area (Å²) in [5, 5.41) is 42.7. The number of aromatic amines is 2. The van der Waals surface area contributed by atoms with E-state index in [1.807, 2.05) is 41.5 Å². The summed E-state index contributed by atoms with van der Waals surface area (Å²) in [7, 11) is -8.74. The van der Waals surface area contributed by atoms with Crippen molar-refractivity contribution in [2.24, 2.45) is 21.7 Å². The quantitative estimate of drug-likeness (QED) is 0.0171. The van der Waals surface area contributed by atoms with E-state index in [2.05, 4.69) is 9.97 Å². The number of nitrogens with zero attached hydrogens (tertiary/aromatic N) is 2. The molecule has 2 aromatic rings. The molecule has 0 spiro atoms. The highest BCUT2D eigenvalue weighted by atomic mass is 32.2. The Morgan fingerprint density at radius 2 is 0.988 bits per heavy atom. The van der Waals surface area contributed by atoms with Gasteiger partial charge in [-0.05, 0) is 49.1 Å². The number of nitrogens with one attached hydrogen (secondary N) is 2. The Bertz CT molecular complexity index is 2740. The van der Waals surface area contributed by atoms with Gasteiger partial charge < -0.3 is 29.9 Å². The maximum Gasteiger partial charge on any atom is 0.477 e. The van der Waals surface area contributed by atoms with Crippen LogP contribution in [0, 0.1) is 31.2 Å². The van der Waals surface area contributed by atoms with Crippen molar-refractivity contribution in [1.29, 1.82) is 0 Å². The van der Waals surface area contributed by atoms with E-state index in [1.54, 1.807) is 41.5 Å². The maximum absolute atomic E-state index is 13.4. The summed E-state index contributed by atoms with van der Waals surface area (Å²) < 4.78 is 83.1. The smallest absolute Gasteiger partial charge is 0.387 e. The molecule has 2 fully saturated rings. The molecule has 0 aliphatic carbocycles. The third kappa shape index (κ3) is 24.4. The number of H-pyrrole nitrogens is 2. The Labute approximate surface area is 503 Å². The van der Waals surface area contributed by atoms with Gasteiger partial charge in [0.2, 0.25) is 10.2 Å². The van der Waals surface area contributed by atoms with E-state index < -0.39 is 112 Å². The molecule has 468 valence electrons. The summed E-state index contributed by atoms with van der Waals surface area (Å²) in [5.41, 5.74) is -6.38. The molecule has 6 N–H and O–H groups in total. The lowest BCUT2D eigenvalue weighted by Crippen LogP contribution is -2.44. The molecule has 0 amide bonds. The van der Waals surface area contributed by atoms with Gasteiger partial charge in [0, 0.05) is 59.7 Å². The lowest BCUT2D eigenvalue weighted by molar-refractivity contribution is -0.118. The fourth-order valence-electron chi connectivity index (χ4n) is 6.75. The molecule has 2 saturated heterocycles. The van der Waals surface area contributed by atoms with Crippen molar-refractivity contribution >= 4 is 108 Å². The van der Waals surface area contributed by atoms with Gasteiger partial charge in [-0.25, -0.2) is 9.13 Å². The summed E-state index contributed by atoms with van der Waals surface area (Å²) >= 11 is 13.4. The van der Waals surface area contributed by atoms with Gasteiger partial charge in [0.05, 0.1) is 50.5 Å². The topological polar surface area (TPSA) is 351 Å². The number of rotatable bonds is 26. The van der Waals surface area contributed by atoms with Gasteiger partial charge in [0.1, 0.15) is 35.6 Å². The number of aliphatic hydroxyl groups excluding tert-OH is 2. The highest BCUT2D eigenvalue weighted by molar-refractivity contribution is 8.14. The predicted octanol–water partition coefficient (Wildman–Crippen LogP) is 7.93. The van der Waals surface area contributed by atoms with Crippen molar-refractivity contribution < 1.29 is 93.7 Å². The molecule has 2 aromatic heterocycles. The van der Waals surface area contributed by atoms with E-state index >= 15 is 0 Å². The van der Waals surface area contributed by atoms with Crippen LogP contribution in [0.3, 0.4) is 0 Å². The number of aromatic nitrogens is 4. The molecular weight excluding hydrogens is 1240 g/mol. The molecule has 2 aliphatic heterocycles. The third-order valence-electron chi connectivity index (χ3n) is 11.1. The zero-order chi connectivity index (χ0) is 62.5. The molecule has 4 heterocycles. The number of phosphoric ester groups is 2. The predicted molar refractivity (Wildman–Crippen MR) is 313 cm³/mol. The molecule has 10 atom stereocenters.